The fourth-order valence-corrected chi connectivity index (χ4v) is 4.14. The second kappa shape index (κ2) is 4.69. The normalized spacial score (nSPS) is 23.9. The minimum absolute atomic E-state index is 0.167. The third-order valence-corrected chi connectivity index (χ3v) is 5.46. The highest BCUT2D eigenvalue weighted by molar-refractivity contribution is 7.12. The highest BCUT2D eigenvalue weighted by atomic mass is 32.1. The quantitative estimate of drug-likeness (QED) is 0.877. The van der Waals surface area contributed by atoms with Crippen molar-refractivity contribution in [2.45, 2.75) is 69.7 Å². The molecule has 3 heteroatoms. The molecule has 2 N–H and O–H groups in total. The zero-order chi connectivity index (χ0) is 11.8. The minimum atomic E-state index is 0.167. The summed E-state index contributed by atoms with van der Waals surface area (Å²) >= 11 is 1.91. The number of thiazole rings is 1. The molecular formula is C14H22N2S. The Labute approximate surface area is 108 Å². The first-order valence-corrected chi connectivity index (χ1v) is 7.83. The molecule has 2 aliphatic carbocycles. The third-order valence-electron chi connectivity index (χ3n) is 4.03. The molecule has 1 heterocycles. The lowest BCUT2D eigenvalue weighted by molar-refractivity contribution is 0.442. The molecule has 2 aliphatic rings. The molecule has 17 heavy (non-hydrogen) atoms. The molecular weight excluding hydrogens is 228 g/mol. The van der Waals surface area contributed by atoms with E-state index in [2.05, 4.69) is 6.92 Å². The van der Waals surface area contributed by atoms with Gasteiger partial charge in [-0.3, -0.25) is 0 Å². The average Bonchev–Trinajstić information content (AvgIpc) is 3.09. The van der Waals surface area contributed by atoms with Crippen LogP contribution in [0, 0.1) is 0 Å². The monoisotopic (exact) mass is 250 g/mol. The van der Waals surface area contributed by atoms with Crippen LogP contribution in [0.5, 0.6) is 0 Å². The number of nitrogens with two attached hydrogens (primary N) is 1. The van der Waals surface area contributed by atoms with E-state index in [0.29, 0.717) is 0 Å². The predicted octanol–water partition coefficient (Wildman–Crippen LogP) is 4.09. The summed E-state index contributed by atoms with van der Waals surface area (Å²) in [6, 6.07) is 0.167. The molecule has 0 saturated heterocycles. The fraction of sp³-hybridized carbons (Fsp3) is 0.786. The van der Waals surface area contributed by atoms with Gasteiger partial charge < -0.3 is 5.73 Å². The van der Waals surface area contributed by atoms with Crippen molar-refractivity contribution in [3.05, 3.63) is 15.6 Å². The summed E-state index contributed by atoms with van der Waals surface area (Å²) in [6.45, 7) is 2.10. The maximum atomic E-state index is 6.09. The highest BCUT2D eigenvalue weighted by Gasteiger charge is 2.32. The summed E-state index contributed by atoms with van der Waals surface area (Å²) in [6.07, 6.45) is 9.53. The fourth-order valence-electron chi connectivity index (χ4n) is 2.86. The molecule has 0 bridgehead atoms. The summed E-state index contributed by atoms with van der Waals surface area (Å²) in [5.74, 6) is 1.48. The van der Waals surface area contributed by atoms with Crippen molar-refractivity contribution >= 4 is 11.3 Å². The first kappa shape index (κ1) is 11.7. The first-order valence-electron chi connectivity index (χ1n) is 7.02. The standard InChI is InChI=1S/C14H22N2S/c1-9(15)13-12(10-7-8-10)16-14(17-13)11-5-3-2-4-6-11/h9-11H,2-8,15H2,1H3. The van der Waals surface area contributed by atoms with Crippen molar-refractivity contribution in [1.82, 2.24) is 4.98 Å². The van der Waals surface area contributed by atoms with Crippen LogP contribution in [0.25, 0.3) is 0 Å². The summed E-state index contributed by atoms with van der Waals surface area (Å²) < 4.78 is 0. The number of hydrogen-bond acceptors (Lipinski definition) is 3. The van der Waals surface area contributed by atoms with E-state index in [4.69, 9.17) is 10.7 Å². The second-order valence-electron chi connectivity index (χ2n) is 5.70. The van der Waals surface area contributed by atoms with Crippen molar-refractivity contribution in [2.24, 2.45) is 5.73 Å². The summed E-state index contributed by atoms with van der Waals surface area (Å²) in [7, 11) is 0. The molecule has 3 rings (SSSR count). The molecule has 0 amide bonds. The summed E-state index contributed by atoms with van der Waals surface area (Å²) in [4.78, 5) is 6.32. The molecule has 2 fully saturated rings. The Kier molecular flexibility index (Phi) is 3.22. The van der Waals surface area contributed by atoms with Gasteiger partial charge in [-0.05, 0) is 32.6 Å². The van der Waals surface area contributed by atoms with E-state index in [0.717, 1.165) is 11.8 Å². The second-order valence-corrected chi connectivity index (χ2v) is 6.76. The molecule has 1 atom stereocenters. The van der Waals surface area contributed by atoms with Gasteiger partial charge in [-0.1, -0.05) is 19.3 Å². The SMILES string of the molecule is CC(N)c1sc(C2CCCCC2)nc1C1CC1. The molecule has 94 valence electrons. The van der Waals surface area contributed by atoms with E-state index in [1.165, 1.54) is 60.5 Å². The number of hydrogen-bond donors (Lipinski definition) is 1. The van der Waals surface area contributed by atoms with Gasteiger partial charge in [0.1, 0.15) is 0 Å². The zero-order valence-electron chi connectivity index (χ0n) is 10.6. The Morgan fingerprint density at radius 3 is 2.41 bits per heavy atom. The zero-order valence-corrected chi connectivity index (χ0v) is 11.4. The van der Waals surface area contributed by atoms with Gasteiger partial charge in [0.15, 0.2) is 0 Å². The largest absolute Gasteiger partial charge is 0.323 e. The van der Waals surface area contributed by atoms with Crippen LogP contribution in [-0.4, -0.2) is 4.98 Å². The van der Waals surface area contributed by atoms with Crippen LogP contribution >= 0.6 is 11.3 Å². The van der Waals surface area contributed by atoms with E-state index in [1.54, 1.807) is 0 Å². The van der Waals surface area contributed by atoms with Gasteiger partial charge in [-0.15, -0.1) is 11.3 Å². The van der Waals surface area contributed by atoms with E-state index in [9.17, 15) is 0 Å². The van der Waals surface area contributed by atoms with Gasteiger partial charge in [0, 0.05) is 22.8 Å². The molecule has 0 spiro atoms. The summed E-state index contributed by atoms with van der Waals surface area (Å²) in [5, 5.41) is 1.39. The molecule has 0 aromatic carbocycles. The average molecular weight is 250 g/mol. The number of aromatic nitrogens is 1. The molecule has 1 aromatic rings. The van der Waals surface area contributed by atoms with Crippen LogP contribution in [0.4, 0.5) is 0 Å². The van der Waals surface area contributed by atoms with E-state index in [1.807, 2.05) is 11.3 Å². The Morgan fingerprint density at radius 2 is 1.82 bits per heavy atom. The van der Waals surface area contributed by atoms with Crippen LogP contribution < -0.4 is 5.73 Å². The molecule has 0 aliphatic heterocycles. The van der Waals surface area contributed by atoms with Crippen molar-refractivity contribution < 1.29 is 0 Å². The lowest BCUT2D eigenvalue weighted by atomic mass is 9.90. The lowest BCUT2D eigenvalue weighted by Gasteiger charge is -2.18. The maximum absolute atomic E-state index is 6.09. The maximum Gasteiger partial charge on any atom is 0.0962 e. The molecule has 1 aromatic heterocycles. The highest BCUT2D eigenvalue weighted by Crippen LogP contribution is 2.46. The topological polar surface area (TPSA) is 38.9 Å². The van der Waals surface area contributed by atoms with Crippen LogP contribution in [0.15, 0.2) is 0 Å². The van der Waals surface area contributed by atoms with Crippen LogP contribution in [0.2, 0.25) is 0 Å². The van der Waals surface area contributed by atoms with Gasteiger partial charge in [0.05, 0.1) is 10.7 Å². The Morgan fingerprint density at radius 1 is 1.12 bits per heavy atom. The minimum Gasteiger partial charge on any atom is -0.323 e. The number of rotatable bonds is 3. The van der Waals surface area contributed by atoms with Gasteiger partial charge in [0.2, 0.25) is 0 Å². The third kappa shape index (κ3) is 2.41. The van der Waals surface area contributed by atoms with E-state index >= 15 is 0 Å². The predicted molar refractivity (Wildman–Crippen MR) is 72.5 cm³/mol. The summed E-state index contributed by atoms with van der Waals surface area (Å²) in [5.41, 5.74) is 7.45. The van der Waals surface area contributed by atoms with Crippen molar-refractivity contribution in [1.29, 1.82) is 0 Å². The van der Waals surface area contributed by atoms with Crippen LogP contribution in [0.3, 0.4) is 0 Å². The van der Waals surface area contributed by atoms with Crippen molar-refractivity contribution in [2.75, 3.05) is 0 Å². The van der Waals surface area contributed by atoms with Gasteiger partial charge in [0.25, 0.3) is 0 Å². The smallest absolute Gasteiger partial charge is 0.0962 e. The Hall–Kier alpha value is -0.410. The van der Waals surface area contributed by atoms with Crippen molar-refractivity contribution in [3.63, 3.8) is 0 Å². The Balaban J connectivity index is 1.86. The molecule has 1 unspecified atom stereocenters. The Bertz CT molecular complexity index is 367. The van der Waals surface area contributed by atoms with E-state index in [-0.39, 0.29) is 6.04 Å². The molecule has 2 nitrogen and oxygen atoms in total. The molecule has 0 radical (unpaired) electrons. The van der Waals surface area contributed by atoms with Crippen LogP contribution in [0.1, 0.15) is 85.3 Å². The van der Waals surface area contributed by atoms with Gasteiger partial charge in [-0.2, -0.15) is 0 Å². The molecule has 2 saturated carbocycles. The van der Waals surface area contributed by atoms with Gasteiger partial charge in [-0.25, -0.2) is 4.98 Å². The lowest BCUT2D eigenvalue weighted by Crippen LogP contribution is -2.05. The van der Waals surface area contributed by atoms with E-state index < -0.39 is 0 Å². The van der Waals surface area contributed by atoms with Crippen molar-refractivity contribution in [3.8, 4) is 0 Å². The van der Waals surface area contributed by atoms with Gasteiger partial charge >= 0.3 is 0 Å². The number of nitrogens with zero attached hydrogens (tertiary/aromatic N) is 1. The first-order chi connectivity index (χ1) is 8.25. The van der Waals surface area contributed by atoms with Crippen LogP contribution in [-0.2, 0) is 0 Å².